The van der Waals surface area contributed by atoms with Gasteiger partial charge < -0.3 is 9.84 Å². The number of halogens is 1. The highest BCUT2D eigenvalue weighted by Gasteiger charge is 2.31. The number of carbonyl (C=O) groups is 1. The monoisotopic (exact) mass is 332 g/mol. The van der Waals surface area contributed by atoms with E-state index in [2.05, 4.69) is 0 Å². The summed E-state index contributed by atoms with van der Waals surface area (Å²) in [5, 5.41) is 9.62. The van der Waals surface area contributed by atoms with Gasteiger partial charge in [-0.05, 0) is 73.7 Å². The number of hydrogen-bond donors (Lipinski definition) is 1. The van der Waals surface area contributed by atoms with Crippen molar-refractivity contribution in [2.75, 3.05) is 0 Å². The maximum Gasteiger partial charge on any atom is 0.332 e. The largest absolute Gasteiger partial charge is 0.508 e. The Morgan fingerprint density at radius 1 is 1.13 bits per heavy atom. The third-order valence-corrected chi connectivity index (χ3v) is 4.42. The third kappa shape index (κ3) is 3.85. The number of alkyl halides is 1. The molecule has 0 bridgehead atoms. The van der Waals surface area contributed by atoms with E-state index in [4.69, 9.17) is 16.3 Å². The average molecular weight is 333 g/mol. The topological polar surface area (TPSA) is 46.5 Å². The second-order valence-corrected chi connectivity index (χ2v) is 6.76. The Labute approximate surface area is 141 Å². The first kappa shape index (κ1) is 17.4. The van der Waals surface area contributed by atoms with Crippen LogP contribution in [0.15, 0.2) is 36.4 Å². The van der Waals surface area contributed by atoms with Gasteiger partial charge in [-0.25, -0.2) is 4.79 Å². The van der Waals surface area contributed by atoms with E-state index in [-0.39, 0.29) is 5.75 Å². The van der Waals surface area contributed by atoms with Crippen LogP contribution in [0.4, 0.5) is 0 Å². The fraction of sp³-hybridized carbons (Fsp3) is 0.316. The fourth-order valence-corrected chi connectivity index (χ4v) is 2.17. The molecule has 3 nitrogen and oxygen atoms in total. The molecular formula is C19H21ClO3. The number of rotatable bonds is 4. The molecule has 23 heavy (non-hydrogen) atoms. The van der Waals surface area contributed by atoms with Crippen LogP contribution < -0.4 is 4.74 Å². The Kier molecular flexibility index (Phi) is 5.00. The second kappa shape index (κ2) is 6.63. The van der Waals surface area contributed by atoms with Crippen molar-refractivity contribution < 1.29 is 14.6 Å². The molecule has 0 amide bonds. The van der Waals surface area contributed by atoms with Gasteiger partial charge in [0.2, 0.25) is 0 Å². The molecule has 0 aliphatic heterocycles. The SMILES string of the molecule is CCC(C)(Cl)C(=O)Oc1ccc(-c2ccc(O)c(C)c2)cc1C. The van der Waals surface area contributed by atoms with Crippen molar-refractivity contribution in [3.8, 4) is 22.6 Å². The van der Waals surface area contributed by atoms with Crippen LogP contribution in [0.25, 0.3) is 11.1 Å². The van der Waals surface area contributed by atoms with Crippen molar-refractivity contribution in [3.05, 3.63) is 47.5 Å². The highest BCUT2D eigenvalue weighted by Crippen LogP contribution is 2.30. The first-order valence-electron chi connectivity index (χ1n) is 7.56. The molecule has 0 fully saturated rings. The molecule has 1 atom stereocenters. The lowest BCUT2D eigenvalue weighted by Crippen LogP contribution is -2.32. The van der Waals surface area contributed by atoms with Crippen LogP contribution in [-0.2, 0) is 4.79 Å². The minimum absolute atomic E-state index is 0.275. The predicted octanol–water partition coefficient (Wildman–Crippen LogP) is 4.99. The van der Waals surface area contributed by atoms with Crippen molar-refractivity contribution in [3.63, 3.8) is 0 Å². The van der Waals surface area contributed by atoms with E-state index < -0.39 is 10.8 Å². The van der Waals surface area contributed by atoms with Crippen LogP contribution in [0.2, 0.25) is 0 Å². The van der Waals surface area contributed by atoms with Gasteiger partial charge in [0.05, 0.1) is 0 Å². The molecule has 0 heterocycles. The molecule has 0 aliphatic rings. The Morgan fingerprint density at radius 3 is 2.22 bits per heavy atom. The molecule has 1 N–H and O–H groups in total. The van der Waals surface area contributed by atoms with Crippen LogP contribution in [0.5, 0.6) is 11.5 Å². The summed E-state index contributed by atoms with van der Waals surface area (Å²) in [4.78, 5) is 11.1. The maximum absolute atomic E-state index is 12.1. The molecule has 0 saturated carbocycles. The zero-order valence-electron chi connectivity index (χ0n) is 13.8. The molecule has 122 valence electrons. The van der Waals surface area contributed by atoms with Crippen molar-refractivity contribution >= 4 is 17.6 Å². The van der Waals surface area contributed by atoms with E-state index in [0.717, 1.165) is 22.3 Å². The van der Waals surface area contributed by atoms with Gasteiger partial charge in [0, 0.05) is 0 Å². The molecule has 2 aromatic rings. The number of aromatic hydroxyl groups is 1. The number of phenolic OH excluding ortho intramolecular Hbond substituents is 1. The highest BCUT2D eigenvalue weighted by molar-refractivity contribution is 6.33. The maximum atomic E-state index is 12.1. The average Bonchev–Trinajstić information content (AvgIpc) is 2.51. The summed E-state index contributed by atoms with van der Waals surface area (Å²) in [6.07, 6.45) is 0.497. The van der Waals surface area contributed by atoms with Crippen LogP contribution in [-0.4, -0.2) is 16.0 Å². The van der Waals surface area contributed by atoms with Gasteiger partial charge in [-0.15, -0.1) is 11.6 Å². The molecule has 0 aromatic heterocycles. The van der Waals surface area contributed by atoms with Crippen molar-refractivity contribution in [1.29, 1.82) is 0 Å². The Hall–Kier alpha value is -2.00. The summed E-state index contributed by atoms with van der Waals surface area (Å²) in [6, 6.07) is 11.1. The summed E-state index contributed by atoms with van der Waals surface area (Å²) in [7, 11) is 0. The zero-order valence-corrected chi connectivity index (χ0v) is 14.6. The smallest absolute Gasteiger partial charge is 0.332 e. The molecule has 2 aromatic carbocycles. The van der Waals surface area contributed by atoms with Gasteiger partial charge in [-0.3, -0.25) is 0 Å². The predicted molar refractivity (Wildman–Crippen MR) is 93.2 cm³/mol. The number of phenols is 1. The molecule has 0 aliphatic carbocycles. The fourth-order valence-electron chi connectivity index (χ4n) is 2.13. The van der Waals surface area contributed by atoms with Crippen LogP contribution in [0.3, 0.4) is 0 Å². The summed E-state index contributed by atoms with van der Waals surface area (Å²) in [5.74, 6) is 0.338. The standard InChI is InChI=1S/C19H21ClO3/c1-5-19(4,20)18(22)23-17-9-7-15(11-13(17)3)14-6-8-16(21)12(2)10-14/h6-11,21H,5H2,1-4H3. The molecule has 2 rings (SSSR count). The number of carbonyl (C=O) groups excluding carboxylic acids is 1. The van der Waals surface area contributed by atoms with E-state index >= 15 is 0 Å². The lowest BCUT2D eigenvalue weighted by atomic mass is 10.0. The lowest BCUT2D eigenvalue weighted by Gasteiger charge is -2.19. The van der Waals surface area contributed by atoms with Crippen LogP contribution >= 0.6 is 11.6 Å². The second-order valence-electron chi connectivity index (χ2n) is 5.92. The summed E-state index contributed by atoms with van der Waals surface area (Å²) in [5.41, 5.74) is 3.66. The zero-order chi connectivity index (χ0) is 17.2. The van der Waals surface area contributed by atoms with Gasteiger partial charge in [0.25, 0.3) is 0 Å². The van der Waals surface area contributed by atoms with Gasteiger partial charge in [-0.1, -0.05) is 19.1 Å². The lowest BCUT2D eigenvalue weighted by molar-refractivity contribution is -0.137. The van der Waals surface area contributed by atoms with Gasteiger partial charge in [0.1, 0.15) is 16.4 Å². The van der Waals surface area contributed by atoms with Crippen molar-refractivity contribution in [2.24, 2.45) is 0 Å². The van der Waals surface area contributed by atoms with Crippen molar-refractivity contribution in [1.82, 2.24) is 0 Å². The van der Waals surface area contributed by atoms with E-state index in [0.29, 0.717) is 12.2 Å². The number of aryl methyl sites for hydroxylation is 2. The van der Waals surface area contributed by atoms with E-state index in [9.17, 15) is 9.90 Å². The first-order chi connectivity index (χ1) is 10.7. The molecule has 0 spiro atoms. The quantitative estimate of drug-likeness (QED) is 0.487. The third-order valence-electron chi connectivity index (χ3n) is 4.00. The molecule has 1 unspecified atom stereocenters. The van der Waals surface area contributed by atoms with Crippen LogP contribution in [0, 0.1) is 13.8 Å². The van der Waals surface area contributed by atoms with E-state index in [1.165, 1.54) is 0 Å². The van der Waals surface area contributed by atoms with E-state index in [1.54, 1.807) is 19.1 Å². The normalized spacial score (nSPS) is 13.4. The highest BCUT2D eigenvalue weighted by atomic mass is 35.5. The Balaban J connectivity index is 2.27. The molecule has 0 radical (unpaired) electrons. The molecule has 0 saturated heterocycles. The number of esters is 1. The minimum Gasteiger partial charge on any atom is -0.508 e. The number of hydrogen-bond acceptors (Lipinski definition) is 3. The first-order valence-corrected chi connectivity index (χ1v) is 7.94. The summed E-state index contributed by atoms with van der Waals surface area (Å²) >= 11 is 6.13. The Bertz CT molecular complexity index is 735. The Morgan fingerprint density at radius 2 is 1.70 bits per heavy atom. The van der Waals surface area contributed by atoms with Gasteiger partial charge >= 0.3 is 5.97 Å². The number of benzene rings is 2. The van der Waals surface area contributed by atoms with Gasteiger partial charge in [0.15, 0.2) is 0 Å². The molecule has 4 heteroatoms. The molecular weight excluding hydrogens is 312 g/mol. The van der Waals surface area contributed by atoms with E-state index in [1.807, 2.05) is 45.0 Å². The van der Waals surface area contributed by atoms with Crippen LogP contribution in [0.1, 0.15) is 31.4 Å². The number of ether oxygens (including phenoxy) is 1. The minimum atomic E-state index is -1.01. The summed E-state index contributed by atoms with van der Waals surface area (Å²) < 4.78 is 5.42. The summed E-state index contributed by atoms with van der Waals surface area (Å²) in [6.45, 7) is 7.24. The van der Waals surface area contributed by atoms with Gasteiger partial charge in [-0.2, -0.15) is 0 Å². The van der Waals surface area contributed by atoms with Crippen molar-refractivity contribution in [2.45, 2.75) is 39.0 Å².